The maximum Gasteiger partial charge on any atom is 0.0740 e. The van der Waals surface area contributed by atoms with Crippen molar-refractivity contribution in [1.29, 1.82) is 0 Å². The first kappa shape index (κ1) is 16.8. The van der Waals surface area contributed by atoms with Crippen molar-refractivity contribution < 1.29 is 9.47 Å². The molecule has 17 heavy (non-hydrogen) atoms. The van der Waals surface area contributed by atoms with Crippen LogP contribution in [0.3, 0.4) is 0 Å². The van der Waals surface area contributed by atoms with Crippen molar-refractivity contribution in [3.63, 3.8) is 0 Å². The summed E-state index contributed by atoms with van der Waals surface area (Å²) in [6.45, 7) is 9.34. The smallest absolute Gasteiger partial charge is 0.0740 e. The molecule has 0 aliphatic rings. The van der Waals surface area contributed by atoms with E-state index in [4.69, 9.17) is 27.4 Å². The molecule has 4 nitrogen and oxygen atoms in total. The van der Waals surface area contributed by atoms with E-state index in [1.165, 1.54) is 0 Å². The Balaban J connectivity index is 3.72. The SMILES string of the molecule is COCCOCCN(CCC(N)=S)CC(C)C. The van der Waals surface area contributed by atoms with Crippen molar-refractivity contribution in [2.24, 2.45) is 11.7 Å². The number of thiocarbonyl (C=S) groups is 1. The molecule has 2 N–H and O–H groups in total. The topological polar surface area (TPSA) is 47.7 Å². The average molecular weight is 262 g/mol. The highest BCUT2D eigenvalue weighted by molar-refractivity contribution is 7.80. The van der Waals surface area contributed by atoms with Crippen LogP contribution in [0.25, 0.3) is 0 Å². The second kappa shape index (κ2) is 10.9. The van der Waals surface area contributed by atoms with Crippen molar-refractivity contribution in [3.8, 4) is 0 Å². The molecule has 0 aliphatic carbocycles. The number of nitrogens with zero attached hydrogens (tertiary/aromatic N) is 1. The minimum Gasteiger partial charge on any atom is -0.393 e. The second-order valence-corrected chi connectivity index (χ2v) is 5.04. The zero-order chi connectivity index (χ0) is 13.1. The quantitative estimate of drug-likeness (QED) is 0.449. The highest BCUT2D eigenvalue weighted by atomic mass is 32.1. The summed E-state index contributed by atoms with van der Waals surface area (Å²) in [5.41, 5.74) is 5.52. The second-order valence-electron chi connectivity index (χ2n) is 4.52. The van der Waals surface area contributed by atoms with Crippen LogP contribution in [-0.2, 0) is 9.47 Å². The molecular weight excluding hydrogens is 236 g/mol. The molecular formula is C12H26N2O2S. The number of hydrogen-bond acceptors (Lipinski definition) is 4. The van der Waals surface area contributed by atoms with Gasteiger partial charge < -0.3 is 20.1 Å². The monoisotopic (exact) mass is 262 g/mol. The highest BCUT2D eigenvalue weighted by Crippen LogP contribution is 2.00. The Morgan fingerprint density at radius 1 is 1.24 bits per heavy atom. The summed E-state index contributed by atoms with van der Waals surface area (Å²) in [7, 11) is 1.68. The molecule has 0 spiro atoms. The zero-order valence-corrected chi connectivity index (χ0v) is 12.1. The van der Waals surface area contributed by atoms with Crippen LogP contribution in [0, 0.1) is 5.92 Å². The van der Waals surface area contributed by atoms with Gasteiger partial charge in [-0.15, -0.1) is 0 Å². The van der Waals surface area contributed by atoms with Gasteiger partial charge in [-0.3, -0.25) is 0 Å². The maximum atomic E-state index is 5.52. The van der Waals surface area contributed by atoms with Gasteiger partial charge in [-0.05, 0) is 5.92 Å². The van der Waals surface area contributed by atoms with E-state index in [1.807, 2.05) is 0 Å². The fourth-order valence-electron chi connectivity index (χ4n) is 1.52. The summed E-state index contributed by atoms with van der Waals surface area (Å²) >= 11 is 4.90. The van der Waals surface area contributed by atoms with E-state index in [0.717, 1.165) is 32.7 Å². The summed E-state index contributed by atoms with van der Waals surface area (Å²) in [5.74, 6) is 0.639. The predicted octanol–water partition coefficient (Wildman–Crippen LogP) is 1.28. The molecule has 0 aromatic carbocycles. The Kier molecular flexibility index (Phi) is 10.7. The number of nitrogens with two attached hydrogens (primary N) is 1. The molecule has 102 valence electrons. The van der Waals surface area contributed by atoms with E-state index in [9.17, 15) is 0 Å². The van der Waals surface area contributed by atoms with Crippen LogP contribution in [0.4, 0.5) is 0 Å². The minimum absolute atomic E-state index is 0.582. The van der Waals surface area contributed by atoms with Gasteiger partial charge in [-0.25, -0.2) is 0 Å². The standard InChI is InChI=1S/C12H26N2O2S/c1-11(2)10-14(5-4-12(13)17)6-7-16-9-8-15-3/h11H,4-10H2,1-3H3,(H2,13,17). The van der Waals surface area contributed by atoms with Crippen LogP contribution in [0.2, 0.25) is 0 Å². The summed E-state index contributed by atoms with van der Waals surface area (Å²) in [5, 5.41) is 0. The number of ether oxygens (including phenoxy) is 2. The lowest BCUT2D eigenvalue weighted by atomic mass is 10.2. The van der Waals surface area contributed by atoms with Crippen LogP contribution < -0.4 is 5.73 Å². The van der Waals surface area contributed by atoms with E-state index in [0.29, 0.717) is 24.1 Å². The predicted molar refractivity (Wildman–Crippen MR) is 75.4 cm³/mol. The van der Waals surface area contributed by atoms with Gasteiger partial charge in [0.15, 0.2) is 0 Å². The Morgan fingerprint density at radius 3 is 2.47 bits per heavy atom. The van der Waals surface area contributed by atoms with Crippen molar-refractivity contribution in [1.82, 2.24) is 4.90 Å². The molecule has 5 heteroatoms. The first-order valence-corrected chi connectivity index (χ1v) is 6.54. The summed E-state index contributed by atoms with van der Waals surface area (Å²) in [6.07, 6.45) is 0.778. The van der Waals surface area contributed by atoms with Crippen LogP contribution in [-0.4, -0.2) is 56.5 Å². The zero-order valence-electron chi connectivity index (χ0n) is 11.3. The van der Waals surface area contributed by atoms with Gasteiger partial charge >= 0.3 is 0 Å². The minimum atomic E-state index is 0.582. The largest absolute Gasteiger partial charge is 0.393 e. The molecule has 0 radical (unpaired) electrons. The fourth-order valence-corrected chi connectivity index (χ4v) is 1.61. The molecule has 0 saturated heterocycles. The van der Waals surface area contributed by atoms with Gasteiger partial charge in [-0.1, -0.05) is 26.1 Å². The molecule has 0 aromatic rings. The van der Waals surface area contributed by atoms with Crippen LogP contribution >= 0.6 is 12.2 Å². The lowest BCUT2D eigenvalue weighted by Gasteiger charge is -2.23. The fraction of sp³-hybridized carbons (Fsp3) is 0.917. The maximum absolute atomic E-state index is 5.52. The van der Waals surface area contributed by atoms with Crippen LogP contribution in [0.15, 0.2) is 0 Å². The first-order valence-electron chi connectivity index (χ1n) is 6.13. The van der Waals surface area contributed by atoms with E-state index < -0.39 is 0 Å². The molecule has 0 aliphatic heterocycles. The van der Waals surface area contributed by atoms with E-state index in [-0.39, 0.29) is 0 Å². The lowest BCUT2D eigenvalue weighted by Crippen LogP contribution is -2.34. The summed E-state index contributed by atoms with van der Waals surface area (Å²) in [4.78, 5) is 2.93. The first-order chi connectivity index (χ1) is 8.06. The summed E-state index contributed by atoms with van der Waals surface area (Å²) < 4.78 is 10.4. The van der Waals surface area contributed by atoms with E-state index >= 15 is 0 Å². The molecule has 0 unspecified atom stereocenters. The van der Waals surface area contributed by atoms with Crippen molar-refractivity contribution >= 4 is 17.2 Å². The number of methoxy groups -OCH3 is 1. The molecule has 0 rings (SSSR count). The Morgan fingerprint density at radius 2 is 1.94 bits per heavy atom. The Bertz CT molecular complexity index is 201. The number of hydrogen-bond donors (Lipinski definition) is 1. The third-order valence-electron chi connectivity index (χ3n) is 2.28. The molecule has 0 aromatic heterocycles. The van der Waals surface area contributed by atoms with Gasteiger partial charge in [-0.2, -0.15) is 0 Å². The average Bonchev–Trinajstić information content (AvgIpc) is 2.24. The molecule has 0 amide bonds. The van der Waals surface area contributed by atoms with Crippen LogP contribution in [0.5, 0.6) is 0 Å². The van der Waals surface area contributed by atoms with E-state index in [2.05, 4.69) is 18.7 Å². The lowest BCUT2D eigenvalue weighted by molar-refractivity contribution is 0.0558. The molecule has 0 saturated carbocycles. The van der Waals surface area contributed by atoms with Crippen molar-refractivity contribution in [3.05, 3.63) is 0 Å². The molecule has 0 bridgehead atoms. The van der Waals surface area contributed by atoms with Gasteiger partial charge in [0.05, 0.1) is 24.8 Å². The molecule has 0 heterocycles. The van der Waals surface area contributed by atoms with E-state index in [1.54, 1.807) is 7.11 Å². The normalized spacial score (nSPS) is 11.4. The van der Waals surface area contributed by atoms with Crippen molar-refractivity contribution in [2.75, 3.05) is 46.6 Å². The highest BCUT2D eigenvalue weighted by Gasteiger charge is 2.07. The third kappa shape index (κ3) is 12.0. The Hall–Kier alpha value is -0.230. The van der Waals surface area contributed by atoms with Gasteiger partial charge in [0.2, 0.25) is 0 Å². The van der Waals surface area contributed by atoms with Gasteiger partial charge in [0.1, 0.15) is 0 Å². The molecule has 0 fully saturated rings. The van der Waals surface area contributed by atoms with Crippen LogP contribution in [0.1, 0.15) is 20.3 Å². The van der Waals surface area contributed by atoms with Gasteiger partial charge in [0.25, 0.3) is 0 Å². The number of rotatable bonds is 11. The Labute approximate surface area is 110 Å². The summed E-state index contributed by atoms with van der Waals surface area (Å²) in [6, 6.07) is 0. The molecule has 0 atom stereocenters. The van der Waals surface area contributed by atoms with Gasteiger partial charge in [0, 0.05) is 33.2 Å². The third-order valence-corrected chi connectivity index (χ3v) is 2.49. The van der Waals surface area contributed by atoms with Crippen molar-refractivity contribution in [2.45, 2.75) is 20.3 Å².